The third-order valence-corrected chi connectivity index (χ3v) is 7.03. The van der Waals surface area contributed by atoms with Gasteiger partial charge in [-0.25, -0.2) is 8.42 Å². The van der Waals surface area contributed by atoms with Crippen LogP contribution >= 0.6 is 0 Å². The van der Waals surface area contributed by atoms with Crippen molar-refractivity contribution in [2.24, 2.45) is 0 Å². The lowest BCUT2D eigenvalue weighted by molar-refractivity contribution is -0.121. The fraction of sp³-hybridized carbons (Fsp3) is 0.160. The van der Waals surface area contributed by atoms with Crippen molar-refractivity contribution in [2.45, 2.75) is 4.90 Å². The van der Waals surface area contributed by atoms with Gasteiger partial charge in [0.2, 0.25) is 15.9 Å². The fourth-order valence-corrected chi connectivity index (χ4v) is 4.69. The largest absolute Gasteiger partial charge is 0.491 e. The van der Waals surface area contributed by atoms with Crippen LogP contribution < -0.4 is 10.1 Å². The smallest absolute Gasteiger partial charge is 0.243 e. The molecule has 0 fully saturated rings. The molecule has 0 atom stereocenters. The Kier molecular flexibility index (Phi) is 6.39. The first kappa shape index (κ1) is 21.8. The summed E-state index contributed by atoms with van der Waals surface area (Å²) in [7, 11) is -2.38. The number of carbonyl (C=O) groups is 1. The predicted molar refractivity (Wildman–Crippen MR) is 126 cm³/mol. The van der Waals surface area contributed by atoms with Gasteiger partial charge in [0, 0.05) is 12.4 Å². The Balaban J connectivity index is 1.32. The lowest BCUT2D eigenvalue weighted by Crippen LogP contribution is -2.39. The summed E-state index contributed by atoms with van der Waals surface area (Å²) in [5, 5.41) is 6.58. The average Bonchev–Trinajstić information content (AvgIpc) is 2.81. The molecule has 1 amide bonds. The number of hydrogen-bond acceptors (Lipinski definition) is 4. The summed E-state index contributed by atoms with van der Waals surface area (Å²) in [6, 6.07) is 26.2. The Labute approximate surface area is 187 Å². The third kappa shape index (κ3) is 4.74. The summed E-state index contributed by atoms with van der Waals surface area (Å²) in [5.74, 6) is 0.353. The predicted octanol–water partition coefficient (Wildman–Crippen LogP) is 3.81. The van der Waals surface area contributed by atoms with E-state index in [9.17, 15) is 13.2 Å². The number of carbonyl (C=O) groups excluding carboxylic acids is 1. The fourth-order valence-electron chi connectivity index (χ4n) is 3.52. The quantitative estimate of drug-likeness (QED) is 0.416. The van der Waals surface area contributed by atoms with E-state index in [0.29, 0.717) is 0 Å². The van der Waals surface area contributed by atoms with Gasteiger partial charge in [-0.2, -0.15) is 4.31 Å². The molecule has 0 aromatic heterocycles. The second-order valence-electron chi connectivity index (χ2n) is 7.45. The number of rotatable bonds is 8. The number of nitrogens with one attached hydrogen (secondary N) is 1. The standard InChI is InChI=1S/C25H24N2O4S/c1-27(32(29,30)22-14-13-19-7-2-3-9-21(19)17-22)18-25(28)26-15-16-31-24-12-6-10-20-8-4-5-11-23(20)24/h2-14,17H,15-16,18H2,1H3,(H,26,28). The Hall–Kier alpha value is -3.42. The number of hydrogen-bond donors (Lipinski definition) is 1. The van der Waals surface area contributed by atoms with Crippen molar-refractivity contribution in [2.75, 3.05) is 26.7 Å². The van der Waals surface area contributed by atoms with Crippen LogP contribution in [0.1, 0.15) is 0 Å². The van der Waals surface area contributed by atoms with Crippen molar-refractivity contribution in [1.82, 2.24) is 9.62 Å². The van der Waals surface area contributed by atoms with Crippen molar-refractivity contribution < 1.29 is 17.9 Å². The molecule has 4 aromatic carbocycles. The molecule has 0 aliphatic carbocycles. The highest BCUT2D eigenvalue weighted by Gasteiger charge is 2.23. The Morgan fingerprint density at radius 1 is 0.875 bits per heavy atom. The summed E-state index contributed by atoms with van der Waals surface area (Å²) < 4.78 is 32.6. The van der Waals surface area contributed by atoms with E-state index in [1.165, 1.54) is 7.05 Å². The molecule has 164 valence electrons. The van der Waals surface area contributed by atoms with Crippen molar-refractivity contribution in [3.63, 3.8) is 0 Å². The van der Waals surface area contributed by atoms with E-state index in [0.717, 1.165) is 31.6 Å². The van der Waals surface area contributed by atoms with Crippen LogP contribution in [0.3, 0.4) is 0 Å². The Bertz CT molecular complexity index is 1360. The lowest BCUT2D eigenvalue weighted by Gasteiger charge is -2.17. The van der Waals surface area contributed by atoms with E-state index in [1.54, 1.807) is 18.2 Å². The van der Waals surface area contributed by atoms with Gasteiger partial charge in [0.15, 0.2) is 0 Å². The third-order valence-electron chi connectivity index (χ3n) is 5.23. The summed E-state index contributed by atoms with van der Waals surface area (Å²) in [6.07, 6.45) is 0. The molecule has 32 heavy (non-hydrogen) atoms. The van der Waals surface area contributed by atoms with E-state index in [4.69, 9.17) is 4.74 Å². The molecule has 1 N–H and O–H groups in total. The number of nitrogens with zero attached hydrogens (tertiary/aromatic N) is 1. The van der Waals surface area contributed by atoms with Crippen LogP contribution in [0, 0.1) is 0 Å². The average molecular weight is 449 g/mol. The number of sulfonamides is 1. The molecule has 0 aliphatic heterocycles. The maximum Gasteiger partial charge on any atom is 0.243 e. The van der Waals surface area contributed by atoms with E-state index in [-0.39, 0.29) is 24.6 Å². The molecule has 6 nitrogen and oxygen atoms in total. The van der Waals surface area contributed by atoms with Crippen LogP contribution in [0.2, 0.25) is 0 Å². The SMILES string of the molecule is CN(CC(=O)NCCOc1cccc2ccccc12)S(=O)(=O)c1ccc2ccccc2c1. The van der Waals surface area contributed by atoms with E-state index in [1.807, 2.05) is 66.7 Å². The zero-order chi connectivity index (χ0) is 22.6. The maximum atomic E-state index is 12.9. The number of likely N-dealkylation sites (N-methyl/N-ethyl adjacent to an activating group) is 1. The molecular weight excluding hydrogens is 424 g/mol. The minimum atomic E-state index is -3.78. The lowest BCUT2D eigenvalue weighted by atomic mass is 10.1. The van der Waals surface area contributed by atoms with Gasteiger partial charge < -0.3 is 10.1 Å². The highest BCUT2D eigenvalue weighted by atomic mass is 32.2. The van der Waals surface area contributed by atoms with Gasteiger partial charge in [-0.1, -0.05) is 66.7 Å². The summed E-state index contributed by atoms with van der Waals surface area (Å²) in [5.41, 5.74) is 0. The zero-order valence-electron chi connectivity index (χ0n) is 17.7. The van der Waals surface area contributed by atoms with Gasteiger partial charge in [0.05, 0.1) is 18.0 Å². The van der Waals surface area contributed by atoms with Crippen molar-refractivity contribution in [3.8, 4) is 5.75 Å². The van der Waals surface area contributed by atoms with E-state index >= 15 is 0 Å². The molecule has 0 radical (unpaired) electrons. The number of fused-ring (bicyclic) bond motifs is 2. The molecule has 4 rings (SSSR count). The molecule has 0 saturated carbocycles. The van der Waals surface area contributed by atoms with Crippen LogP contribution in [-0.2, 0) is 14.8 Å². The van der Waals surface area contributed by atoms with Gasteiger partial charge >= 0.3 is 0 Å². The molecule has 0 heterocycles. The van der Waals surface area contributed by atoms with Crippen LogP contribution in [0.5, 0.6) is 5.75 Å². The first-order valence-electron chi connectivity index (χ1n) is 10.3. The zero-order valence-corrected chi connectivity index (χ0v) is 18.5. The Morgan fingerprint density at radius 3 is 2.38 bits per heavy atom. The van der Waals surface area contributed by atoms with E-state index in [2.05, 4.69) is 5.32 Å². The molecular formula is C25H24N2O4S. The first-order valence-corrected chi connectivity index (χ1v) is 11.7. The van der Waals surface area contributed by atoms with Crippen LogP contribution in [-0.4, -0.2) is 45.4 Å². The van der Waals surface area contributed by atoms with Gasteiger partial charge in [0.1, 0.15) is 12.4 Å². The monoisotopic (exact) mass is 448 g/mol. The first-order chi connectivity index (χ1) is 15.4. The van der Waals surface area contributed by atoms with Gasteiger partial charge in [0.25, 0.3) is 0 Å². The van der Waals surface area contributed by atoms with Gasteiger partial charge in [-0.3, -0.25) is 4.79 Å². The second-order valence-corrected chi connectivity index (χ2v) is 9.49. The number of ether oxygens (including phenoxy) is 1. The van der Waals surface area contributed by atoms with E-state index < -0.39 is 15.9 Å². The van der Waals surface area contributed by atoms with Crippen LogP contribution in [0.25, 0.3) is 21.5 Å². The van der Waals surface area contributed by atoms with Crippen molar-refractivity contribution >= 4 is 37.5 Å². The maximum absolute atomic E-state index is 12.9. The second kappa shape index (κ2) is 9.38. The summed E-state index contributed by atoms with van der Waals surface area (Å²) >= 11 is 0. The molecule has 0 unspecified atom stereocenters. The normalized spacial score (nSPS) is 11.7. The van der Waals surface area contributed by atoms with Crippen molar-refractivity contribution in [1.29, 1.82) is 0 Å². The van der Waals surface area contributed by atoms with Crippen LogP contribution in [0.15, 0.2) is 89.8 Å². The van der Waals surface area contributed by atoms with Gasteiger partial charge in [-0.15, -0.1) is 0 Å². The summed E-state index contributed by atoms with van der Waals surface area (Å²) in [4.78, 5) is 12.5. The molecule has 0 saturated heterocycles. The molecule has 0 aliphatic rings. The number of benzene rings is 4. The minimum absolute atomic E-state index is 0.158. The van der Waals surface area contributed by atoms with Crippen molar-refractivity contribution in [3.05, 3.63) is 84.9 Å². The molecule has 0 spiro atoms. The Morgan fingerprint density at radius 2 is 1.56 bits per heavy atom. The molecule has 7 heteroatoms. The highest BCUT2D eigenvalue weighted by Crippen LogP contribution is 2.25. The summed E-state index contributed by atoms with van der Waals surface area (Å²) in [6.45, 7) is 0.274. The molecule has 0 bridgehead atoms. The highest BCUT2D eigenvalue weighted by molar-refractivity contribution is 7.89. The minimum Gasteiger partial charge on any atom is -0.491 e. The number of amides is 1. The van der Waals surface area contributed by atoms with Crippen LogP contribution in [0.4, 0.5) is 0 Å². The molecule has 4 aromatic rings. The topological polar surface area (TPSA) is 75.7 Å². The van der Waals surface area contributed by atoms with Gasteiger partial charge in [-0.05, 0) is 34.4 Å².